The molecule has 0 unspecified atom stereocenters. The summed E-state index contributed by atoms with van der Waals surface area (Å²) in [6.07, 6.45) is 3.62. The fraction of sp³-hybridized carbons (Fsp3) is 0.211. The van der Waals surface area contributed by atoms with Crippen molar-refractivity contribution in [1.29, 1.82) is 0 Å². The number of hydrogen-bond acceptors (Lipinski definition) is 5. The van der Waals surface area contributed by atoms with Gasteiger partial charge in [0.25, 0.3) is 0 Å². The van der Waals surface area contributed by atoms with E-state index in [1.54, 1.807) is 11.3 Å². The fourth-order valence-electron chi connectivity index (χ4n) is 2.93. The molecule has 126 valence electrons. The third-order valence-electron chi connectivity index (χ3n) is 4.17. The van der Waals surface area contributed by atoms with E-state index in [0.29, 0.717) is 5.92 Å². The summed E-state index contributed by atoms with van der Waals surface area (Å²) in [5.74, 6) is 2.05. The van der Waals surface area contributed by atoms with Gasteiger partial charge < -0.3 is 5.32 Å². The summed E-state index contributed by atoms with van der Waals surface area (Å²) >= 11 is 1.70. The van der Waals surface area contributed by atoms with Crippen LogP contribution in [0.1, 0.15) is 25.5 Å². The molecule has 0 aliphatic carbocycles. The Morgan fingerprint density at radius 2 is 1.88 bits per heavy atom. The first kappa shape index (κ1) is 15.8. The normalized spacial score (nSPS) is 11.4. The molecule has 0 saturated heterocycles. The van der Waals surface area contributed by atoms with Gasteiger partial charge in [-0.3, -0.25) is 9.67 Å². The van der Waals surface area contributed by atoms with Gasteiger partial charge in [0.1, 0.15) is 5.82 Å². The third-order valence-corrected chi connectivity index (χ3v) is 5.11. The third kappa shape index (κ3) is 3.00. The van der Waals surface area contributed by atoms with Crippen LogP contribution in [0.4, 0.5) is 11.6 Å². The Morgan fingerprint density at radius 3 is 2.60 bits per heavy atom. The van der Waals surface area contributed by atoms with Crippen molar-refractivity contribution in [2.75, 3.05) is 5.32 Å². The highest BCUT2D eigenvalue weighted by Crippen LogP contribution is 2.33. The van der Waals surface area contributed by atoms with E-state index in [9.17, 15) is 0 Å². The topological polar surface area (TPSA) is 55.6 Å². The van der Waals surface area contributed by atoms with Gasteiger partial charge >= 0.3 is 0 Å². The largest absolute Gasteiger partial charge is 0.323 e. The van der Waals surface area contributed by atoms with E-state index >= 15 is 0 Å². The summed E-state index contributed by atoms with van der Waals surface area (Å²) in [4.78, 5) is 8.91. The lowest BCUT2D eigenvalue weighted by Crippen LogP contribution is -1.99. The van der Waals surface area contributed by atoms with Gasteiger partial charge in [-0.1, -0.05) is 13.8 Å². The van der Waals surface area contributed by atoms with E-state index in [1.807, 2.05) is 42.3 Å². The molecule has 5 nitrogen and oxygen atoms in total. The number of nitrogens with zero attached hydrogens (tertiary/aromatic N) is 4. The molecule has 4 rings (SSSR count). The zero-order valence-electron chi connectivity index (χ0n) is 14.4. The summed E-state index contributed by atoms with van der Waals surface area (Å²) in [7, 11) is 1.97. The van der Waals surface area contributed by atoms with Crippen molar-refractivity contribution in [3.05, 3.63) is 53.8 Å². The minimum Gasteiger partial charge on any atom is -0.323 e. The van der Waals surface area contributed by atoms with Gasteiger partial charge in [-0.05, 0) is 35.7 Å². The Kier molecular flexibility index (Phi) is 3.97. The SMILES string of the molecule is CC(C)c1cc(Nc2ccc3scc(-c4ccncc4)c3n2)nn1C. The number of aromatic nitrogens is 4. The monoisotopic (exact) mass is 349 g/mol. The van der Waals surface area contributed by atoms with Crippen molar-refractivity contribution in [1.82, 2.24) is 19.7 Å². The van der Waals surface area contributed by atoms with Gasteiger partial charge in [-0.15, -0.1) is 11.3 Å². The lowest BCUT2D eigenvalue weighted by Gasteiger charge is -2.03. The molecule has 1 N–H and O–H groups in total. The molecule has 6 heteroatoms. The van der Waals surface area contributed by atoms with Crippen molar-refractivity contribution < 1.29 is 0 Å². The van der Waals surface area contributed by atoms with Gasteiger partial charge in [-0.2, -0.15) is 5.10 Å². The summed E-state index contributed by atoms with van der Waals surface area (Å²) in [6, 6.07) is 10.2. The molecule has 0 aromatic carbocycles. The van der Waals surface area contributed by atoms with Crippen LogP contribution < -0.4 is 5.32 Å². The number of rotatable bonds is 4. The zero-order chi connectivity index (χ0) is 17.4. The Balaban J connectivity index is 1.70. The van der Waals surface area contributed by atoms with Crippen LogP contribution in [0.25, 0.3) is 21.3 Å². The maximum atomic E-state index is 4.82. The van der Waals surface area contributed by atoms with E-state index in [0.717, 1.165) is 28.3 Å². The maximum Gasteiger partial charge on any atom is 0.153 e. The molecular weight excluding hydrogens is 330 g/mol. The number of nitrogens with one attached hydrogen (secondary N) is 1. The first-order valence-corrected chi connectivity index (χ1v) is 9.09. The van der Waals surface area contributed by atoms with Gasteiger partial charge in [0.15, 0.2) is 5.82 Å². The van der Waals surface area contributed by atoms with Crippen molar-refractivity contribution in [2.24, 2.45) is 7.05 Å². The van der Waals surface area contributed by atoms with E-state index in [-0.39, 0.29) is 0 Å². The van der Waals surface area contributed by atoms with Crippen LogP contribution in [-0.2, 0) is 7.05 Å². The highest BCUT2D eigenvalue weighted by atomic mass is 32.1. The lowest BCUT2D eigenvalue weighted by molar-refractivity contribution is 0.671. The number of aryl methyl sites for hydroxylation is 1. The second-order valence-corrected chi connectivity index (χ2v) is 7.20. The van der Waals surface area contributed by atoms with Crippen molar-refractivity contribution in [3.63, 3.8) is 0 Å². The summed E-state index contributed by atoms with van der Waals surface area (Å²) in [6.45, 7) is 4.33. The smallest absolute Gasteiger partial charge is 0.153 e. The van der Waals surface area contributed by atoms with Crippen molar-refractivity contribution >= 4 is 33.2 Å². The highest BCUT2D eigenvalue weighted by Gasteiger charge is 2.11. The molecule has 0 aliphatic rings. The quantitative estimate of drug-likeness (QED) is 0.566. The molecule has 25 heavy (non-hydrogen) atoms. The molecule has 0 amide bonds. The number of anilines is 2. The lowest BCUT2D eigenvalue weighted by atomic mass is 10.1. The molecule has 0 atom stereocenters. The van der Waals surface area contributed by atoms with E-state index in [1.165, 1.54) is 10.4 Å². The number of thiophene rings is 1. The minimum absolute atomic E-state index is 0.429. The van der Waals surface area contributed by atoms with Crippen molar-refractivity contribution in [2.45, 2.75) is 19.8 Å². The van der Waals surface area contributed by atoms with Crippen LogP contribution in [0, 0.1) is 0 Å². The van der Waals surface area contributed by atoms with E-state index in [2.05, 4.69) is 46.8 Å². The molecule has 4 aromatic heterocycles. The van der Waals surface area contributed by atoms with Crippen LogP contribution in [0.15, 0.2) is 48.1 Å². The molecule has 0 bridgehead atoms. The summed E-state index contributed by atoms with van der Waals surface area (Å²) in [5.41, 5.74) is 4.46. The van der Waals surface area contributed by atoms with Gasteiger partial charge in [-0.25, -0.2) is 4.98 Å². The van der Waals surface area contributed by atoms with Crippen LogP contribution in [0.3, 0.4) is 0 Å². The molecule has 0 fully saturated rings. The van der Waals surface area contributed by atoms with Crippen LogP contribution in [0.5, 0.6) is 0 Å². The highest BCUT2D eigenvalue weighted by molar-refractivity contribution is 7.17. The van der Waals surface area contributed by atoms with Crippen molar-refractivity contribution in [3.8, 4) is 11.1 Å². The standard InChI is InChI=1S/C19H19N5S/c1-12(2)15-10-18(23-24(15)3)21-17-5-4-16-19(22-17)14(11-25-16)13-6-8-20-9-7-13/h4-12H,1-3H3,(H,21,22,23). The predicted molar refractivity (Wildman–Crippen MR) is 103 cm³/mol. The molecular formula is C19H19N5S. The van der Waals surface area contributed by atoms with Gasteiger partial charge in [0.05, 0.1) is 10.2 Å². The van der Waals surface area contributed by atoms with E-state index < -0.39 is 0 Å². The number of fused-ring (bicyclic) bond motifs is 1. The number of hydrogen-bond donors (Lipinski definition) is 1. The number of pyridine rings is 2. The molecule has 0 saturated carbocycles. The Bertz CT molecular complexity index is 1020. The molecule has 0 spiro atoms. The predicted octanol–water partition coefficient (Wildman–Crippen LogP) is 4.96. The average molecular weight is 349 g/mol. The van der Waals surface area contributed by atoms with Gasteiger partial charge in [0.2, 0.25) is 0 Å². The van der Waals surface area contributed by atoms with Crippen LogP contribution >= 0.6 is 11.3 Å². The second-order valence-electron chi connectivity index (χ2n) is 6.29. The average Bonchev–Trinajstić information content (AvgIpc) is 3.19. The van der Waals surface area contributed by atoms with Crippen LogP contribution in [0.2, 0.25) is 0 Å². The Hall–Kier alpha value is -2.73. The zero-order valence-corrected chi connectivity index (χ0v) is 15.2. The maximum absolute atomic E-state index is 4.82. The Morgan fingerprint density at radius 1 is 1.08 bits per heavy atom. The fourth-order valence-corrected chi connectivity index (χ4v) is 3.84. The van der Waals surface area contributed by atoms with Gasteiger partial charge in [0, 0.05) is 42.1 Å². The first-order valence-electron chi connectivity index (χ1n) is 8.21. The van der Waals surface area contributed by atoms with Crippen LogP contribution in [-0.4, -0.2) is 19.7 Å². The summed E-state index contributed by atoms with van der Waals surface area (Å²) in [5, 5.41) is 10.0. The summed E-state index contributed by atoms with van der Waals surface area (Å²) < 4.78 is 3.08. The first-order chi connectivity index (χ1) is 12.1. The second kappa shape index (κ2) is 6.29. The van der Waals surface area contributed by atoms with E-state index in [4.69, 9.17) is 4.98 Å². The minimum atomic E-state index is 0.429. The molecule has 0 aliphatic heterocycles. The Labute approximate surface area is 150 Å². The molecule has 0 radical (unpaired) electrons. The molecule has 4 aromatic rings. The molecule has 4 heterocycles.